The predicted octanol–water partition coefficient (Wildman–Crippen LogP) is 2.90. The van der Waals surface area contributed by atoms with E-state index in [0.29, 0.717) is 0 Å². The quantitative estimate of drug-likeness (QED) is 0.726. The van der Waals surface area contributed by atoms with Crippen molar-refractivity contribution in [1.29, 1.82) is 0 Å². The minimum absolute atomic E-state index is 0.140. The largest absolute Gasteiger partial charge is 0.259 e. The maximum absolute atomic E-state index is 11.8. The molecule has 0 amide bonds. The molecule has 2 heteroatoms. The van der Waals surface area contributed by atoms with Gasteiger partial charge in [0.25, 0.3) is 0 Å². The van der Waals surface area contributed by atoms with E-state index < -0.39 is 10.8 Å². The Bertz CT molecular complexity index is 279. The summed E-state index contributed by atoms with van der Waals surface area (Å²) in [5.41, 5.74) is 1.16. The van der Waals surface area contributed by atoms with Crippen LogP contribution in [0.3, 0.4) is 0 Å². The molecule has 72 valence electrons. The summed E-state index contributed by atoms with van der Waals surface area (Å²) in [4.78, 5) is 0. The molecule has 0 aliphatic carbocycles. The second-order valence-corrected chi connectivity index (χ2v) is 5.74. The second-order valence-electron chi connectivity index (χ2n) is 3.43. The molecule has 1 unspecified atom stereocenters. The van der Waals surface area contributed by atoms with Crippen molar-refractivity contribution in [1.82, 2.24) is 0 Å². The molecule has 1 nitrogen and oxygen atoms in total. The maximum Gasteiger partial charge on any atom is 0.0571 e. The minimum Gasteiger partial charge on any atom is -0.259 e. The van der Waals surface area contributed by atoms with Gasteiger partial charge in [-0.15, -0.1) is 0 Å². The second kappa shape index (κ2) is 4.56. The highest BCUT2D eigenvalue weighted by atomic mass is 32.2. The van der Waals surface area contributed by atoms with Crippen molar-refractivity contribution in [3.63, 3.8) is 0 Å². The Hall–Kier alpha value is -0.630. The van der Waals surface area contributed by atoms with Crippen molar-refractivity contribution >= 4 is 10.8 Å². The van der Waals surface area contributed by atoms with Crippen LogP contribution >= 0.6 is 0 Å². The van der Waals surface area contributed by atoms with Crippen LogP contribution in [-0.2, 0) is 10.8 Å². The third kappa shape index (κ3) is 2.66. The van der Waals surface area contributed by atoms with Gasteiger partial charge in [0.1, 0.15) is 0 Å². The number of hydrogen-bond acceptors (Lipinski definition) is 1. The molecule has 0 aliphatic rings. The zero-order valence-corrected chi connectivity index (χ0v) is 9.17. The molecule has 0 radical (unpaired) electrons. The molecular weight excluding hydrogens is 180 g/mol. The first kappa shape index (κ1) is 10.5. The zero-order valence-electron chi connectivity index (χ0n) is 8.36. The molecule has 0 fully saturated rings. The number of benzene rings is 1. The van der Waals surface area contributed by atoms with Crippen molar-refractivity contribution < 1.29 is 4.21 Å². The monoisotopic (exact) mass is 196 g/mol. The summed E-state index contributed by atoms with van der Waals surface area (Å²) in [6, 6.07) is 10.0. The maximum atomic E-state index is 11.8. The molecule has 0 N–H and O–H groups in total. The van der Waals surface area contributed by atoms with Crippen LogP contribution in [0, 0.1) is 0 Å². The lowest BCUT2D eigenvalue weighted by Gasteiger charge is -2.14. The van der Waals surface area contributed by atoms with Crippen LogP contribution in [-0.4, -0.2) is 9.46 Å². The first-order chi connectivity index (χ1) is 6.13. The highest BCUT2D eigenvalue weighted by molar-refractivity contribution is 7.85. The van der Waals surface area contributed by atoms with Gasteiger partial charge in [0.15, 0.2) is 0 Å². The van der Waals surface area contributed by atoms with E-state index in [1.54, 1.807) is 0 Å². The Morgan fingerprint density at radius 2 is 1.62 bits per heavy atom. The Balaban J connectivity index is 2.80. The van der Waals surface area contributed by atoms with E-state index in [1.807, 2.05) is 51.1 Å². The molecule has 0 aliphatic heterocycles. The molecule has 0 saturated heterocycles. The normalized spacial score (nSPS) is 15.7. The van der Waals surface area contributed by atoms with Crippen molar-refractivity contribution in [2.75, 3.05) is 0 Å². The molecule has 1 aromatic rings. The number of hydrogen-bond donors (Lipinski definition) is 0. The Labute approximate surface area is 82.6 Å². The third-order valence-corrected chi connectivity index (χ3v) is 3.98. The first-order valence-corrected chi connectivity index (χ1v) is 5.85. The van der Waals surface area contributed by atoms with Crippen LogP contribution in [0.25, 0.3) is 0 Å². The van der Waals surface area contributed by atoms with Crippen molar-refractivity contribution in [3.8, 4) is 0 Å². The van der Waals surface area contributed by atoms with Gasteiger partial charge in [0.2, 0.25) is 0 Å². The van der Waals surface area contributed by atoms with Gasteiger partial charge >= 0.3 is 0 Å². The van der Waals surface area contributed by atoms with Gasteiger partial charge in [0.05, 0.1) is 5.25 Å². The molecule has 0 heterocycles. The topological polar surface area (TPSA) is 17.1 Å². The van der Waals surface area contributed by atoms with Gasteiger partial charge in [0, 0.05) is 16.0 Å². The van der Waals surface area contributed by atoms with Gasteiger partial charge in [-0.1, -0.05) is 44.2 Å². The highest BCUT2D eigenvalue weighted by Crippen LogP contribution is 2.21. The van der Waals surface area contributed by atoms with E-state index in [-0.39, 0.29) is 10.5 Å². The highest BCUT2D eigenvalue weighted by Gasteiger charge is 2.15. The van der Waals surface area contributed by atoms with Crippen LogP contribution in [0.5, 0.6) is 0 Å². The van der Waals surface area contributed by atoms with Crippen molar-refractivity contribution in [2.24, 2.45) is 0 Å². The van der Waals surface area contributed by atoms with E-state index in [9.17, 15) is 4.21 Å². The molecule has 0 bridgehead atoms. The summed E-state index contributed by atoms with van der Waals surface area (Å²) in [5, 5.41) is 0.372. The Morgan fingerprint density at radius 1 is 1.08 bits per heavy atom. The van der Waals surface area contributed by atoms with Gasteiger partial charge in [-0.2, -0.15) is 0 Å². The van der Waals surface area contributed by atoms with Crippen LogP contribution in [0.4, 0.5) is 0 Å². The van der Waals surface area contributed by atoms with Crippen LogP contribution in [0.2, 0.25) is 0 Å². The molecule has 0 aromatic heterocycles. The molecule has 1 rings (SSSR count). The SMILES string of the molecule is CC(C)S(=O)[C@@H](C)c1ccccc1. The fourth-order valence-corrected chi connectivity index (χ4v) is 2.51. The van der Waals surface area contributed by atoms with E-state index in [2.05, 4.69) is 0 Å². The van der Waals surface area contributed by atoms with Crippen LogP contribution in [0.15, 0.2) is 30.3 Å². The fourth-order valence-electron chi connectivity index (χ4n) is 1.27. The van der Waals surface area contributed by atoms with E-state index in [4.69, 9.17) is 0 Å². The average molecular weight is 196 g/mol. The van der Waals surface area contributed by atoms with Gasteiger partial charge < -0.3 is 0 Å². The van der Waals surface area contributed by atoms with E-state index in [1.165, 1.54) is 0 Å². The lowest BCUT2D eigenvalue weighted by Crippen LogP contribution is -2.12. The number of rotatable bonds is 3. The average Bonchev–Trinajstić information content (AvgIpc) is 2.17. The zero-order chi connectivity index (χ0) is 9.84. The molecule has 1 aromatic carbocycles. The lowest BCUT2D eigenvalue weighted by atomic mass is 10.2. The summed E-state index contributed by atoms with van der Waals surface area (Å²) >= 11 is 0. The van der Waals surface area contributed by atoms with Gasteiger partial charge in [-0.3, -0.25) is 4.21 Å². The van der Waals surface area contributed by atoms with E-state index in [0.717, 1.165) is 5.56 Å². The Morgan fingerprint density at radius 3 is 2.08 bits per heavy atom. The third-order valence-electron chi connectivity index (χ3n) is 2.08. The smallest absolute Gasteiger partial charge is 0.0571 e. The van der Waals surface area contributed by atoms with Crippen LogP contribution in [0.1, 0.15) is 31.6 Å². The predicted molar refractivity (Wildman–Crippen MR) is 58.1 cm³/mol. The molecule has 2 atom stereocenters. The van der Waals surface area contributed by atoms with Gasteiger partial charge in [-0.25, -0.2) is 0 Å². The summed E-state index contributed by atoms with van der Waals surface area (Å²) in [6.07, 6.45) is 0. The standard InChI is InChI=1S/C11H16OS/c1-9(2)13(12)10(3)11-7-5-4-6-8-11/h4-10H,1-3H3/t10-,13?/m0/s1. The van der Waals surface area contributed by atoms with Crippen molar-refractivity contribution in [3.05, 3.63) is 35.9 Å². The molecule has 13 heavy (non-hydrogen) atoms. The van der Waals surface area contributed by atoms with E-state index >= 15 is 0 Å². The molecular formula is C11H16OS. The summed E-state index contributed by atoms with van der Waals surface area (Å²) in [6.45, 7) is 6.01. The fraction of sp³-hybridized carbons (Fsp3) is 0.455. The molecule has 0 saturated carbocycles. The van der Waals surface area contributed by atoms with Crippen molar-refractivity contribution in [2.45, 2.75) is 31.3 Å². The Kier molecular flexibility index (Phi) is 3.67. The first-order valence-electron chi connectivity index (χ1n) is 4.57. The lowest BCUT2D eigenvalue weighted by molar-refractivity contribution is 0.669. The van der Waals surface area contributed by atoms with Crippen LogP contribution < -0.4 is 0 Å². The van der Waals surface area contributed by atoms with Gasteiger partial charge in [-0.05, 0) is 12.5 Å². The minimum atomic E-state index is -0.767. The summed E-state index contributed by atoms with van der Waals surface area (Å²) in [5.74, 6) is 0. The summed E-state index contributed by atoms with van der Waals surface area (Å²) in [7, 11) is -0.767. The molecule has 0 spiro atoms. The summed E-state index contributed by atoms with van der Waals surface area (Å²) < 4.78 is 11.8.